The second-order valence-corrected chi connectivity index (χ2v) is 5.96. The van der Waals surface area contributed by atoms with Gasteiger partial charge in [0, 0.05) is 0 Å². The van der Waals surface area contributed by atoms with Crippen molar-refractivity contribution in [1.29, 1.82) is 0 Å². The summed E-state index contributed by atoms with van der Waals surface area (Å²) in [6.07, 6.45) is 0.153. The van der Waals surface area contributed by atoms with Crippen molar-refractivity contribution in [3.63, 3.8) is 0 Å². The van der Waals surface area contributed by atoms with Crippen LogP contribution in [0.2, 0.25) is 0 Å². The van der Waals surface area contributed by atoms with E-state index in [4.69, 9.17) is 4.74 Å². The number of aliphatic hydroxyl groups excluding tert-OH is 1. The van der Waals surface area contributed by atoms with Crippen LogP contribution in [-0.4, -0.2) is 34.3 Å². The number of phenols is 2. The summed E-state index contributed by atoms with van der Waals surface area (Å²) in [5, 5.41) is 29.9. The van der Waals surface area contributed by atoms with Crippen LogP contribution < -0.4 is 0 Å². The van der Waals surface area contributed by atoms with Crippen LogP contribution in [0.15, 0.2) is 24.3 Å². The van der Waals surface area contributed by atoms with E-state index in [2.05, 4.69) is 0 Å². The topological polar surface area (TPSA) is 87.0 Å². The third-order valence-corrected chi connectivity index (χ3v) is 4.23. The maximum Gasteiger partial charge on any atom is 0.155 e. The molecular formula is C18H16F2O5. The van der Waals surface area contributed by atoms with Crippen molar-refractivity contribution in [2.45, 2.75) is 25.0 Å². The van der Waals surface area contributed by atoms with Crippen molar-refractivity contribution < 1.29 is 33.6 Å². The Bertz CT molecular complexity index is 767. The Morgan fingerprint density at radius 3 is 2.12 bits per heavy atom. The monoisotopic (exact) mass is 350 g/mol. The second kappa shape index (κ2) is 6.78. The van der Waals surface area contributed by atoms with Gasteiger partial charge in [-0.15, -0.1) is 0 Å². The molecule has 0 bridgehead atoms. The first-order valence-corrected chi connectivity index (χ1v) is 7.70. The lowest BCUT2D eigenvalue weighted by Crippen LogP contribution is -2.24. The van der Waals surface area contributed by atoms with E-state index in [-0.39, 0.29) is 35.5 Å². The lowest BCUT2D eigenvalue weighted by atomic mass is 9.95. The van der Waals surface area contributed by atoms with Gasteiger partial charge in [0.25, 0.3) is 0 Å². The molecule has 3 rings (SSSR count). The summed E-state index contributed by atoms with van der Waals surface area (Å²) in [6.45, 7) is 0.150. The highest BCUT2D eigenvalue weighted by Gasteiger charge is 2.24. The number of hydrogen-bond donors (Lipinski definition) is 3. The van der Waals surface area contributed by atoms with Crippen molar-refractivity contribution in [1.82, 2.24) is 0 Å². The number of aromatic hydroxyl groups is 2. The summed E-state index contributed by atoms with van der Waals surface area (Å²) in [4.78, 5) is 10.7. The zero-order valence-electron chi connectivity index (χ0n) is 13.1. The number of carbonyl (C=O) groups excluding carboxylic acids is 1. The minimum Gasteiger partial charge on any atom is -0.507 e. The highest BCUT2D eigenvalue weighted by Crippen LogP contribution is 2.42. The Morgan fingerprint density at radius 1 is 1.04 bits per heavy atom. The maximum absolute atomic E-state index is 13.8. The minimum absolute atomic E-state index is 0.0616. The fraction of sp³-hybridized carbons (Fsp3) is 0.278. The van der Waals surface area contributed by atoms with Gasteiger partial charge in [0.15, 0.2) is 6.29 Å². The van der Waals surface area contributed by atoms with Gasteiger partial charge < -0.3 is 20.1 Å². The first-order valence-electron chi connectivity index (χ1n) is 7.70. The normalized spacial score (nSPS) is 20.4. The zero-order chi connectivity index (χ0) is 18.1. The highest BCUT2D eigenvalue weighted by molar-refractivity contribution is 5.81. The van der Waals surface area contributed by atoms with Gasteiger partial charge in [-0.25, -0.2) is 8.78 Å². The summed E-state index contributed by atoms with van der Waals surface area (Å²) in [7, 11) is 0. The van der Waals surface area contributed by atoms with E-state index in [1.54, 1.807) is 0 Å². The molecule has 7 heteroatoms. The van der Waals surface area contributed by atoms with Crippen molar-refractivity contribution in [2.75, 3.05) is 6.61 Å². The first kappa shape index (κ1) is 17.3. The summed E-state index contributed by atoms with van der Waals surface area (Å²) < 4.78 is 33.0. The minimum atomic E-state index is -1.09. The van der Waals surface area contributed by atoms with Gasteiger partial charge >= 0.3 is 0 Å². The number of benzene rings is 2. The molecule has 25 heavy (non-hydrogen) atoms. The Kier molecular flexibility index (Phi) is 4.69. The van der Waals surface area contributed by atoms with Gasteiger partial charge in [0.1, 0.15) is 23.1 Å². The Labute approximate surface area is 142 Å². The van der Waals surface area contributed by atoms with Crippen molar-refractivity contribution in [3.8, 4) is 22.6 Å². The van der Waals surface area contributed by atoms with E-state index >= 15 is 0 Å². The molecule has 2 aromatic carbocycles. The molecule has 2 aromatic rings. The molecule has 1 saturated heterocycles. The van der Waals surface area contributed by atoms with Gasteiger partial charge in [-0.3, -0.25) is 4.79 Å². The standard InChI is InChI=1S/C18H16F2O5/c19-13-3-10(4-14(20)12(13)7-21)18-15(23)5-9(6-16(18)24)17-2-1-11(22)8-25-17/h3-7,11,17,22-24H,1-2,8H2. The van der Waals surface area contributed by atoms with E-state index in [1.165, 1.54) is 12.1 Å². The molecule has 1 aliphatic rings. The lowest BCUT2D eigenvalue weighted by molar-refractivity contribution is -0.0569. The van der Waals surface area contributed by atoms with Crippen molar-refractivity contribution >= 4 is 6.29 Å². The van der Waals surface area contributed by atoms with Gasteiger partial charge in [0.05, 0.1) is 29.9 Å². The number of hydrogen-bond acceptors (Lipinski definition) is 5. The van der Waals surface area contributed by atoms with Crippen molar-refractivity contribution in [2.24, 2.45) is 0 Å². The van der Waals surface area contributed by atoms with E-state index in [0.717, 1.165) is 12.1 Å². The van der Waals surface area contributed by atoms with E-state index < -0.39 is 29.4 Å². The number of ether oxygens (including phenoxy) is 1. The molecule has 1 fully saturated rings. The largest absolute Gasteiger partial charge is 0.507 e. The third-order valence-electron chi connectivity index (χ3n) is 4.23. The quantitative estimate of drug-likeness (QED) is 0.741. The van der Waals surface area contributed by atoms with Gasteiger partial charge in [-0.1, -0.05) is 0 Å². The number of halogens is 2. The Balaban J connectivity index is 2.00. The fourth-order valence-electron chi connectivity index (χ4n) is 2.96. The summed E-state index contributed by atoms with van der Waals surface area (Å²) >= 11 is 0. The molecule has 1 aliphatic heterocycles. The van der Waals surface area contributed by atoms with Crippen LogP contribution in [0.1, 0.15) is 34.9 Å². The average Bonchev–Trinajstić information content (AvgIpc) is 2.54. The molecule has 2 atom stereocenters. The molecule has 0 spiro atoms. The molecule has 3 N–H and O–H groups in total. The molecule has 132 valence electrons. The molecule has 2 unspecified atom stereocenters. The molecule has 0 aromatic heterocycles. The number of aldehydes is 1. The number of aliphatic hydroxyl groups is 1. The van der Waals surface area contributed by atoms with Crippen LogP contribution in [0, 0.1) is 11.6 Å². The predicted octanol–water partition coefficient (Wildman–Crippen LogP) is 3.07. The number of rotatable bonds is 3. The van der Waals surface area contributed by atoms with Gasteiger partial charge in [0.2, 0.25) is 0 Å². The molecule has 0 saturated carbocycles. The number of phenolic OH excluding ortho intramolecular Hbond substituents is 2. The predicted molar refractivity (Wildman–Crippen MR) is 84.4 cm³/mol. The average molecular weight is 350 g/mol. The lowest BCUT2D eigenvalue weighted by Gasteiger charge is -2.27. The second-order valence-electron chi connectivity index (χ2n) is 5.96. The molecule has 0 aliphatic carbocycles. The number of carbonyl (C=O) groups is 1. The third kappa shape index (κ3) is 3.33. The zero-order valence-corrected chi connectivity index (χ0v) is 13.1. The van der Waals surface area contributed by atoms with Crippen LogP contribution in [0.5, 0.6) is 11.5 Å². The summed E-state index contributed by atoms with van der Waals surface area (Å²) in [5.74, 6) is -2.92. The summed E-state index contributed by atoms with van der Waals surface area (Å²) in [5.41, 5.74) is -0.457. The molecule has 5 nitrogen and oxygen atoms in total. The van der Waals surface area contributed by atoms with Crippen LogP contribution in [0.3, 0.4) is 0 Å². The smallest absolute Gasteiger partial charge is 0.155 e. The van der Waals surface area contributed by atoms with Crippen LogP contribution in [-0.2, 0) is 4.74 Å². The fourth-order valence-corrected chi connectivity index (χ4v) is 2.96. The van der Waals surface area contributed by atoms with Crippen LogP contribution >= 0.6 is 0 Å². The Morgan fingerprint density at radius 2 is 1.64 bits per heavy atom. The van der Waals surface area contributed by atoms with Gasteiger partial charge in [-0.2, -0.15) is 0 Å². The molecule has 0 radical (unpaired) electrons. The summed E-state index contributed by atoms with van der Waals surface area (Å²) in [6, 6.07) is 4.44. The van der Waals surface area contributed by atoms with Gasteiger partial charge in [-0.05, 0) is 48.2 Å². The SMILES string of the molecule is O=Cc1c(F)cc(-c2c(O)cc(C3CCC(O)CO3)cc2O)cc1F. The highest BCUT2D eigenvalue weighted by atomic mass is 19.1. The van der Waals surface area contributed by atoms with Crippen LogP contribution in [0.4, 0.5) is 8.78 Å². The maximum atomic E-state index is 13.8. The Hall–Kier alpha value is -2.51. The molecular weight excluding hydrogens is 334 g/mol. The van der Waals surface area contributed by atoms with Crippen molar-refractivity contribution in [3.05, 3.63) is 47.0 Å². The molecule has 1 heterocycles. The van der Waals surface area contributed by atoms with E-state index in [1.807, 2.05) is 0 Å². The first-order chi connectivity index (χ1) is 11.9. The van der Waals surface area contributed by atoms with E-state index in [9.17, 15) is 28.9 Å². The molecule has 0 amide bonds. The van der Waals surface area contributed by atoms with E-state index in [0.29, 0.717) is 18.4 Å². The van der Waals surface area contributed by atoms with Crippen LogP contribution in [0.25, 0.3) is 11.1 Å².